The zero-order valence-electron chi connectivity index (χ0n) is 5.13. The van der Waals surface area contributed by atoms with Crippen LogP contribution < -0.4 is 5.32 Å². The van der Waals surface area contributed by atoms with Crippen molar-refractivity contribution in [2.45, 2.75) is 6.42 Å². The molecule has 0 atom stereocenters. The van der Waals surface area contributed by atoms with Gasteiger partial charge in [0, 0.05) is 6.61 Å². The van der Waals surface area contributed by atoms with Gasteiger partial charge in [-0.15, -0.1) is 0 Å². The molecule has 0 heterocycles. The van der Waals surface area contributed by atoms with Crippen LogP contribution in [0.5, 0.6) is 0 Å². The summed E-state index contributed by atoms with van der Waals surface area (Å²) in [4.78, 5) is 9.84. The zero-order chi connectivity index (χ0) is 7.11. The minimum atomic E-state index is -0.868. The molecule has 10 heavy (non-hydrogen) atoms. The van der Waals surface area contributed by atoms with E-state index in [0.29, 0.717) is 13.0 Å². The Morgan fingerprint density at radius 1 is 1.50 bits per heavy atom. The predicted molar refractivity (Wildman–Crippen MR) is 39.4 cm³/mol. The fraction of sp³-hybridized carbons (Fsp3) is 0.800. The van der Waals surface area contributed by atoms with E-state index in [1.54, 1.807) is 0 Å². The van der Waals surface area contributed by atoms with Crippen molar-refractivity contribution in [1.29, 1.82) is 0 Å². The molecule has 0 aromatic heterocycles. The first-order chi connectivity index (χ1) is 4.27. The van der Waals surface area contributed by atoms with Crippen LogP contribution in [0.15, 0.2) is 0 Å². The molecule has 0 spiro atoms. The Balaban J connectivity index is 0. The van der Waals surface area contributed by atoms with E-state index in [4.69, 9.17) is 10.2 Å². The van der Waals surface area contributed by atoms with E-state index in [2.05, 4.69) is 5.32 Å². The molecule has 3 N–H and O–H groups in total. The van der Waals surface area contributed by atoms with E-state index in [1.807, 2.05) is 0 Å². The maximum absolute atomic E-state index is 9.84. The van der Waals surface area contributed by atoms with Crippen molar-refractivity contribution in [1.82, 2.24) is 5.32 Å². The Hall–Kier alpha value is 0.390. The molecule has 0 saturated heterocycles. The number of carboxylic acids is 1. The molecular formula is C5H12NNaO3. The summed E-state index contributed by atoms with van der Waals surface area (Å²) in [7, 11) is 0. The average molecular weight is 157 g/mol. The van der Waals surface area contributed by atoms with Crippen molar-refractivity contribution < 1.29 is 15.0 Å². The molecule has 56 valence electrons. The first kappa shape index (κ1) is 13.0. The van der Waals surface area contributed by atoms with Crippen LogP contribution in [0.1, 0.15) is 6.42 Å². The van der Waals surface area contributed by atoms with Crippen molar-refractivity contribution in [3.63, 3.8) is 0 Å². The summed E-state index contributed by atoms with van der Waals surface area (Å²) in [5.74, 6) is -0.868. The molecule has 0 rings (SSSR count). The Morgan fingerprint density at radius 2 is 2.10 bits per heavy atom. The van der Waals surface area contributed by atoms with Crippen LogP contribution in [0.4, 0.5) is 0 Å². The molecule has 0 fully saturated rings. The quantitative estimate of drug-likeness (QED) is 0.332. The Morgan fingerprint density at radius 3 is 2.50 bits per heavy atom. The van der Waals surface area contributed by atoms with Gasteiger partial charge in [0.25, 0.3) is 0 Å². The van der Waals surface area contributed by atoms with E-state index < -0.39 is 5.97 Å². The van der Waals surface area contributed by atoms with Gasteiger partial charge in [0.2, 0.25) is 0 Å². The van der Waals surface area contributed by atoms with Gasteiger partial charge in [-0.25, -0.2) is 0 Å². The van der Waals surface area contributed by atoms with Gasteiger partial charge in [-0.1, -0.05) is 0 Å². The SMILES string of the molecule is O=C(O)CNCCCO.[NaH]. The molecule has 0 saturated carbocycles. The van der Waals surface area contributed by atoms with E-state index in [9.17, 15) is 4.79 Å². The number of hydrogen-bond acceptors (Lipinski definition) is 3. The van der Waals surface area contributed by atoms with Crippen molar-refractivity contribution in [3.05, 3.63) is 0 Å². The van der Waals surface area contributed by atoms with Crippen LogP contribution in [-0.4, -0.2) is 65.4 Å². The summed E-state index contributed by atoms with van der Waals surface area (Å²) in [6, 6.07) is 0. The number of aliphatic hydroxyl groups is 1. The fourth-order valence-corrected chi connectivity index (χ4v) is 0.399. The van der Waals surface area contributed by atoms with Gasteiger partial charge in [0.05, 0.1) is 6.54 Å². The third-order valence-corrected chi connectivity index (χ3v) is 0.788. The monoisotopic (exact) mass is 157 g/mol. The number of nitrogens with one attached hydrogen (secondary N) is 1. The van der Waals surface area contributed by atoms with Gasteiger partial charge < -0.3 is 15.5 Å². The van der Waals surface area contributed by atoms with Crippen molar-refractivity contribution in [2.75, 3.05) is 19.7 Å². The van der Waals surface area contributed by atoms with Crippen LogP contribution >= 0.6 is 0 Å². The van der Waals surface area contributed by atoms with E-state index in [-0.39, 0.29) is 42.7 Å². The Bertz CT molecular complexity index is 89.0. The van der Waals surface area contributed by atoms with Crippen molar-refractivity contribution in [2.24, 2.45) is 0 Å². The van der Waals surface area contributed by atoms with Gasteiger partial charge in [-0.3, -0.25) is 4.79 Å². The number of hydrogen-bond donors (Lipinski definition) is 3. The third-order valence-electron chi connectivity index (χ3n) is 0.788. The first-order valence-corrected chi connectivity index (χ1v) is 2.80. The summed E-state index contributed by atoms with van der Waals surface area (Å²) in [5, 5.41) is 19.0. The third kappa shape index (κ3) is 11.2. The van der Waals surface area contributed by atoms with Gasteiger partial charge in [-0.05, 0) is 13.0 Å². The molecule has 0 aliphatic heterocycles. The van der Waals surface area contributed by atoms with Crippen LogP contribution in [0.25, 0.3) is 0 Å². The van der Waals surface area contributed by atoms with E-state index in [0.717, 1.165) is 0 Å². The number of carboxylic acid groups (broad SMARTS) is 1. The summed E-state index contributed by atoms with van der Waals surface area (Å²) < 4.78 is 0. The van der Waals surface area contributed by atoms with E-state index in [1.165, 1.54) is 0 Å². The number of aliphatic carboxylic acids is 1. The molecule has 0 aromatic carbocycles. The molecule has 0 bridgehead atoms. The predicted octanol–water partition coefficient (Wildman–Crippen LogP) is -1.61. The van der Waals surface area contributed by atoms with Crippen LogP contribution in [-0.2, 0) is 4.79 Å². The summed E-state index contributed by atoms with van der Waals surface area (Å²) in [5.41, 5.74) is 0. The standard InChI is InChI=1S/C5H11NO3.Na.H/c7-3-1-2-6-4-5(8)9;;/h6-7H,1-4H2,(H,8,9);;. The van der Waals surface area contributed by atoms with Gasteiger partial charge in [-0.2, -0.15) is 0 Å². The van der Waals surface area contributed by atoms with Gasteiger partial charge >= 0.3 is 35.5 Å². The van der Waals surface area contributed by atoms with Crippen LogP contribution in [0.3, 0.4) is 0 Å². The fourth-order valence-electron chi connectivity index (χ4n) is 0.399. The molecule has 0 aromatic rings. The average Bonchev–Trinajstić information content (AvgIpc) is 1.80. The maximum atomic E-state index is 9.84. The van der Waals surface area contributed by atoms with Crippen LogP contribution in [0.2, 0.25) is 0 Å². The topological polar surface area (TPSA) is 69.6 Å². The first-order valence-electron chi connectivity index (χ1n) is 2.80. The second-order valence-electron chi connectivity index (χ2n) is 1.65. The van der Waals surface area contributed by atoms with Gasteiger partial charge in [0.1, 0.15) is 0 Å². The summed E-state index contributed by atoms with van der Waals surface area (Å²) in [6.45, 7) is 0.634. The Kier molecular flexibility index (Phi) is 12.2. The van der Waals surface area contributed by atoms with Crippen molar-refractivity contribution >= 4 is 35.5 Å². The second kappa shape index (κ2) is 9.39. The van der Waals surface area contributed by atoms with Crippen LogP contribution in [0, 0.1) is 0 Å². The van der Waals surface area contributed by atoms with Gasteiger partial charge in [0.15, 0.2) is 0 Å². The molecule has 0 radical (unpaired) electrons. The number of carbonyl (C=O) groups is 1. The molecule has 4 nitrogen and oxygen atoms in total. The molecular weight excluding hydrogens is 145 g/mol. The minimum absolute atomic E-state index is 0. The number of aliphatic hydroxyl groups excluding tert-OH is 1. The molecule has 0 aliphatic carbocycles. The molecule has 0 amide bonds. The summed E-state index contributed by atoms with van der Waals surface area (Å²) in [6.07, 6.45) is 0.604. The van der Waals surface area contributed by atoms with Crippen molar-refractivity contribution in [3.8, 4) is 0 Å². The molecule has 5 heteroatoms. The Labute approximate surface area is 81.9 Å². The summed E-state index contributed by atoms with van der Waals surface area (Å²) >= 11 is 0. The zero-order valence-corrected chi connectivity index (χ0v) is 5.13. The number of rotatable bonds is 5. The molecule has 0 aliphatic rings. The van der Waals surface area contributed by atoms with E-state index >= 15 is 0 Å². The molecule has 0 unspecified atom stereocenters. The second-order valence-corrected chi connectivity index (χ2v) is 1.65. The normalized spacial score (nSPS) is 8.50.